The Balaban J connectivity index is 1.93. The van der Waals surface area contributed by atoms with Crippen molar-refractivity contribution in [2.75, 3.05) is 0 Å². The van der Waals surface area contributed by atoms with E-state index >= 15 is 0 Å². The third kappa shape index (κ3) is 5.87. The molecule has 0 bridgehead atoms. The fraction of sp³-hybridized carbons (Fsp3) is 0. The molecule has 0 radical (unpaired) electrons. The lowest BCUT2D eigenvalue weighted by molar-refractivity contribution is 0.0686. The maximum Gasteiger partial charge on any atom is 0.335 e. The first-order valence-corrected chi connectivity index (χ1v) is 13.6. The molecule has 0 aromatic heterocycles. The number of ether oxygens (including phenoxy) is 2. The smallest absolute Gasteiger partial charge is 0.335 e. The van der Waals surface area contributed by atoms with Gasteiger partial charge in [-0.1, -0.05) is 105 Å². The third-order valence-corrected chi connectivity index (χ3v) is 8.64. The Kier molecular flexibility index (Phi) is 9.45. The monoisotopic (exact) mass is 698 g/mol. The van der Waals surface area contributed by atoms with Crippen molar-refractivity contribution in [3.05, 3.63) is 99.8 Å². The maximum absolute atomic E-state index is 11.4. The number of carboxylic acid groups (broad SMARTS) is 2. The molecular formula is C26H10Cl8O6. The van der Waals surface area contributed by atoms with Crippen LogP contribution in [0.5, 0.6) is 23.0 Å². The molecule has 40 heavy (non-hydrogen) atoms. The first-order valence-electron chi connectivity index (χ1n) is 10.6. The quantitative estimate of drug-likeness (QED) is 0.147. The van der Waals surface area contributed by atoms with Crippen molar-refractivity contribution in [1.29, 1.82) is 0 Å². The molecule has 0 amide bonds. The number of carboxylic acids is 2. The highest BCUT2D eigenvalue weighted by Crippen LogP contribution is 2.57. The van der Waals surface area contributed by atoms with Crippen LogP contribution in [0.4, 0.5) is 0 Å². The predicted octanol–water partition coefficient (Wildman–Crippen LogP) is 11.6. The largest absolute Gasteiger partial charge is 0.478 e. The van der Waals surface area contributed by atoms with Crippen LogP contribution in [0, 0.1) is 0 Å². The molecule has 4 aromatic carbocycles. The summed E-state index contributed by atoms with van der Waals surface area (Å²) in [6.45, 7) is 0. The molecule has 2 N–H and O–H groups in total. The van der Waals surface area contributed by atoms with Crippen LogP contribution in [0.25, 0.3) is 11.1 Å². The van der Waals surface area contributed by atoms with Crippen LogP contribution >= 0.6 is 92.8 Å². The van der Waals surface area contributed by atoms with Gasteiger partial charge in [0.25, 0.3) is 0 Å². The fourth-order valence-corrected chi connectivity index (χ4v) is 5.78. The SMILES string of the molecule is O=C(O)c1cccc(Oc2c(Cl)c(Cl)c(Cl)c(-c3c(Cl)c(Cl)c(Cl)c(Oc4cccc(C(=O)O)c4)c3Cl)c2Cl)c1. The first-order chi connectivity index (χ1) is 18.8. The van der Waals surface area contributed by atoms with Crippen molar-refractivity contribution in [1.82, 2.24) is 0 Å². The molecule has 4 rings (SSSR count). The van der Waals surface area contributed by atoms with Crippen LogP contribution in [-0.2, 0) is 0 Å². The van der Waals surface area contributed by atoms with Gasteiger partial charge in [0.2, 0.25) is 0 Å². The molecule has 0 atom stereocenters. The Morgan fingerprint density at radius 1 is 0.500 bits per heavy atom. The summed E-state index contributed by atoms with van der Waals surface area (Å²) >= 11 is 52.2. The van der Waals surface area contributed by atoms with Crippen molar-refractivity contribution < 1.29 is 29.3 Å². The topological polar surface area (TPSA) is 93.1 Å². The van der Waals surface area contributed by atoms with E-state index in [1.165, 1.54) is 48.5 Å². The molecule has 0 saturated carbocycles. The van der Waals surface area contributed by atoms with Crippen molar-refractivity contribution >= 4 is 105 Å². The van der Waals surface area contributed by atoms with Crippen LogP contribution in [0.2, 0.25) is 40.2 Å². The van der Waals surface area contributed by atoms with Crippen LogP contribution in [0.3, 0.4) is 0 Å². The zero-order chi connectivity index (χ0) is 29.5. The Morgan fingerprint density at radius 3 is 1.18 bits per heavy atom. The van der Waals surface area contributed by atoms with E-state index in [2.05, 4.69) is 0 Å². The van der Waals surface area contributed by atoms with Gasteiger partial charge < -0.3 is 19.7 Å². The molecule has 206 valence electrons. The summed E-state index contributed by atoms with van der Waals surface area (Å²) in [6.07, 6.45) is 0. The average Bonchev–Trinajstić information content (AvgIpc) is 2.93. The van der Waals surface area contributed by atoms with Crippen LogP contribution in [0.15, 0.2) is 48.5 Å². The van der Waals surface area contributed by atoms with Crippen LogP contribution in [-0.4, -0.2) is 22.2 Å². The standard InChI is InChI=1S/C26H10Cl8O6/c27-15-13(17(29)23(21(33)19(15)31)39-11-5-1-3-9(7-11)25(35)36)14-16(28)20(32)22(34)24(18(14)30)40-12-6-2-4-10(8-12)26(37)38/h1-8H,(H,35,36)(H,37,38). The van der Waals surface area contributed by atoms with E-state index in [0.717, 1.165) is 0 Å². The minimum Gasteiger partial charge on any atom is -0.478 e. The van der Waals surface area contributed by atoms with Crippen LogP contribution < -0.4 is 9.47 Å². The molecule has 0 saturated heterocycles. The molecule has 14 heteroatoms. The Hall–Kier alpha value is -2.26. The van der Waals surface area contributed by atoms with E-state index in [1.807, 2.05) is 0 Å². The van der Waals surface area contributed by atoms with E-state index in [-0.39, 0.29) is 85.4 Å². The number of hydrogen-bond acceptors (Lipinski definition) is 4. The van der Waals surface area contributed by atoms with Crippen molar-refractivity contribution in [3.8, 4) is 34.1 Å². The van der Waals surface area contributed by atoms with Crippen molar-refractivity contribution in [2.45, 2.75) is 0 Å². The summed E-state index contributed by atoms with van der Waals surface area (Å²) in [6, 6.07) is 11.1. The lowest BCUT2D eigenvalue weighted by atomic mass is 10.0. The number of rotatable bonds is 7. The van der Waals surface area contributed by atoms with E-state index < -0.39 is 11.9 Å². The van der Waals surface area contributed by atoms with Gasteiger partial charge in [0.1, 0.15) is 21.5 Å². The first kappa shape index (κ1) is 30.7. The van der Waals surface area contributed by atoms with E-state index in [1.54, 1.807) is 0 Å². The number of carbonyl (C=O) groups is 2. The molecule has 4 aromatic rings. The molecule has 0 heterocycles. The Labute approximate surface area is 266 Å². The van der Waals surface area contributed by atoms with Gasteiger partial charge in [-0.05, 0) is 36.4 Å². The summed E-state index contributed by atoms with van der Waals surface area (Å²) in [4.78, 5) is 22.8. The van der Waals surface area contributed by atoms with Gasteiger partial charge in [0.15, 0.2) is 11.5 Å². The summed E-state index contributed by atoms with van der Waals surface area (Å²) in [5.74, 6) is -2.61. The van der Waals surface area contributed by atoms with Gasteiger partial charge in [0.05, 0.1) is 41.3 Å². The lowest BCUT2D eigenvalue weighted by Gasteiger charge is -2.21. The fourth-order valence-electron chi connectivity index (χ4n) is 3.46. The zero-order valence-corrected chi connectivity index (χ0v) is 25.2. The molecular weight excluding hydrogens is 692 g/mol. The van der Waals surface area contributed by atoms with E-state index in [9.17, 15) is 19.8 Å². The molecule has 0 aliphatic rings. The summed E-state index contributed by atoms with van der Waals surface area (Å²) in [5.41, 5.74) is -0.233. The lowest BCUT2D eigenvalue weighted by Crippen LogP contribution is -1.99. The molecule has 0 spiro atoms. The zero-order valence-electron chi connectivity index (χ0n) is 19.2. The maximum atomic E-state index is 11.4. The third-order valence-electron chi connectivity index (χ3n) is 5.30. The van der Waals surface area contributed by atoms with E-state index in [4.69, 9.17) is 102 Å². The number of hydrogen-bond donors (Lipinski definition) is 2. The summed E-state index contributed by atoms with van der Waals surface area (Å²) in [7, 11) is 0. The number of halogens is 8. The van der Waals surface area contributed by atoms with E-state index in [0.29, 0.717) is 0 Å². The minimum absolute atomic E-state index is 0.0557. The molecule has 0 aliphatic heterocycles. The summed E-state index contributed by atoms with van der Waals surface area (Å²) in [5, 5.41) is 17.1. The van der Waals surface area contributed by atoms with Gasteiger partial charge >= 0.3 is 11.9 Å². The highest BCUT2D eigenvalue weighted by molar-refractivity contribution is 6.55. The van der Waals surface area contributed by atoms with Gasteiger partial charge in [0, 0.05) is 11.1 Å². The van der Waals surface area contributed by atoms with Gasteiger partial charge in [-0.2, -0.15) is 0 Å². The number of aromatic carboxylic acids is 2. The highest BCUT2D eigenvalue weighted by atomic mass is 35.5. The average molecular weight is 702 g/mol. The molecule has 0 unspecified atom stereocenters. The normalized spacial score (nSPS) is 10.9. The van der Waals surface area contributed by atoms with Crippen molar-refractivity contribution in [3.63, 3.8) is 0 Å². The highest BCUT2D eigenvalue weighted by Gasteiger charge is 2.30. The second-order valence-corrected chi connectivity index (χ2v) is 10.8. The second-order valence-electron chi connectivity index (χ2n) is 7.79. The van der Waals surface area contributed by atoms with Crippen LogP contribution in [0.1, 0.15) is 20.7 Å². The predicted molar refractivity (Wildman–Crippen MR) is 159 cm³/mol. The molecule has 0 aliphatic carbocycles. The second kappa shape index (κ2) is 12.3. The summed E-state index contributed by atoms with van der Waals surface area (Å²) < 4.78 is 11.6. The van der Waals surface area contributed by atoms with Gasteiger partial charge in [-0.15, -0.1) is 0 Å². The van der Waals surface area contributed by atoms with Gasteiger partial charge in [-0.3, -0.25) is 0 Å². The molecule has 0 fully saturated rings. The minimum atomic E-state index is -1.19. The van der Waals surface area contributed by atoms with Crippen molar-refractivity contribution in [2.24, 2.45) is 0 Å². The Morgan fingerprint density at radius 2 is 0.850 bits per heavy atom. The van der Waals surface area contributed by atoms with Gasteiger partial charge in [-0.25, -0.2) is 9.59 Å². The Bertz CT molecular complexity index is 1580. The molecule has 6 nitrogen and oxygen atoms in total. The number of benzene rings is 4.